The summed E-state index contributed by atoms with van der Waals surface area (Å²) in [5.41, 5.74) is 1.19. The maximum Gasteiger partial charge on any atom is 0.269 e. The number of nitrogens with one attached hydrogen (secondary N) is 2. The summed E-state index contributed by atoms with van der Waals surface area (Å²) in [5.74, 6) is 0.617. The van der Waals surface area contributed by atoms with E-state index in [2.05, 4.69) is 36.3 Å². The number of primary sulfonamides is 1. The van der Waals surface area contributed by atoms with Gasteiger partial charge in [0.15, 0.2) is 21.6 Å². The predicted octanol–water partition coefficient (Wildman–Crippen LogP) is 2.05. The van der Waals surface area contributed by atoms with Crippen LogP contribution in [0.1, 0.15) is 44.1 Å². The fourth-order valence-electron chi connectivity index (χ4n) is 4.33. The number of rotatable bonds is 10. The number of anilines is 1. The lowest BCUT2D eigenvalue weighted by atomic mass is 10.0. The summed E-state index contributed by atoms with van der Waals surface area (Å²) in [6, 6.07) is 1.75. The van der Waals surface area contributed by atoms with Gasteiger partial charge in [0.2, 0.25) is 0 Å². The third-order valence-corrected chi connectivity index (χ3v) is 9.67. The second-order valence-corrected chi connectivity index (χ2v) is 13.4. The zero-order valence-electron chi connectivity index (χ0n) is 21.7. The van der Waals surface area contributed by atoms with E-state index >= 15 is 0 Å². The fraction of sp³-hybridized carbons (Fsp3) is 0.565. The Bertz CT molecular complexity index is 1310. The van der Waals surface area contributed by atoms with Crippen LogP contribution in [0.2, 0.25) is 0 Å². The molecule has 2 atom stereocenters. The molecule has 2 aromatic rings. The van der Waals surface area contributed by atoms with Crippen molar-refractivity contribution in [2.45, 2.75) is 43.4 Å². The number of piperazine rings is 1. The van der Waals surface area contributed by atoms with Gasteiger partial charge < -0.3 is 30.0 Å². The van der Waals surface area contributed by atoms with Crippen LogP contribution in [0.5, 0.6) is 5.75 Å². The molecule has 4 heterocycles. The van der Waals surface area contributed by atoms with E-state index in [0.717, 1.165) is 74.6 Å². The smallest absolute Gasteiger partial charge is 0.269 e. The van der Waals surface area contributed by atoms with Crippen molar-refractivity contribution >= 4 is 49.9 Å². The Hall–Kier alpha value is -2.30. The molecule has 12 nitrogen and oxygen atoms in total. The van der Waals surface area contributed by atoms with Crippen LogP contribution in [-0.4, -0.2) is 79.0 Å². The van der Waals surface area contributed by atoms with E-state index in [0.29, 0.717) is 0 Å². The summed E-state index contributed by atoms with van der Waals surface area (Å²) < 4.78 is 49.0. The van der Waals surface area contributed by atoms with Crippen LogP contribution in [0, 0.1) is 5.92 Å². The molecule has 2 aliphatic rings. The summed E-state index contributed by atoms with van der Waals surface area (Å²) in [4.78, 5) is 4.88. The average Bonchev–Trinajstić information content (AvgIpc) is 3.55. The molecular formula is C23H35N7O5S3. The van der Waals surface area contributed by atoms with Crippen LogP contribution in [0.4, 0.5) is 5.69 Å². The quantitative estimate of drug-likeness (QED) is 0.305. The normalized spacial score (nSPS) is 20.0. The molecule has 0 amide bonds. The number of sulfonamides is 1. The van der Waals surface area contributed by atoms with E-state index in [9.17, 15) is 17.7 Å². The first-order valence-corrected chi connectivity index (χ1v) is 15.9. The second kappa shape index (κ2) is 12.3. The zero-order chi connectivity index (χ0) is 27.4. The lowest BCUT2D eigenvalue weighted by molar-refractivity contribution is 0.152. The molecule has 0 spiro atoms. The van der Waals surface area contributed by atoms with Crippen molar-refractivity contribution in [1.82, 2.24) is 15.1 Å². The molecule has 1 saturated heterocycles. The van der Waals surface area contributed by atoms with E-state index in [1.165, 1.54) is 5.38 Å². The number of aromatic hydroxyl groups is 1. The third kappa shape index (κ3) is 7.21. The number of aryl methyl sites for hydroxylation is 1. The number of likely N-dealkylation sites (N-methyl/N-ethyl adjacent to an activating group) is 1. The molecule has 1 fully saturated rings. The third-order valence-electron chi connectivity index (χ3n) is 6.53. The highest BCUT2D eigenvalue weighted by Gasteiger charge is 2.28. The van der Waals surface area contributed by atoms with Crippen molar-refractivity contribution in [3.63, 3.8) is 0 Å². The first-order valence-electron chi connectivity index (χ1n) is 12.5. The molecule has 0 aromatic carbocycles. The average molecular weight is 586 g/mol. The number of thiophene rings is 1. The summed E-state index contributed by atoms with van der Waals surface area (Å²) in [7, 11) is -1.92. The SMILES string of the molecule is CC(C)[C@@H](NC1=NS(=O)N=C1Nc1csc(S(N)(=O)=O)c1O)c1cc(CCCCN2CCN(C)CC2)co1. The summed E-state index contributed by atoms with van der Waals surface area (Å²) >= 11 is -1.10. The molecule has 0 bridgehead atoms. The van der Waals surface area contributed by atoms with Gasteiger partial charge in [0.1, 0.15) is 5.76 Å². The molecule has 38 heavy (non-hydrogen) atoms. The van der Waals surface area contributed by atoms with E-state index in [1.807, 2.05) is 19.9 Å². The van der Waals surface area contributed by atoms with Crippen molar-refractivity contribution in [3.8, 4) is 5.75 Å². The summed E-state index contributed by atoms with van der Waals surface area (Å²) in [5, 5.41) is 22.9. The van der Waals surface area contributed by atoms with Gasteiger partial charge in [0.25, 0.3) is 21.2 Å². The Morgan fingerprint density at radius 3 is 2.58 bits per heavy atom. The van der Waals surface area contributed by atoms with Gasteiger partial charge >= 0.3 is 0 Å². The van der Waals surface area contributed by atoms with E-state index < -0.39 is 26.9 Å². The molecule has 1 unspecified atom stereocenters. The minimum Gasteiger partial charge on any atom is -0.504 e. The Balaban J connectivity index is 1.36. The minimum atomic E-state index is -4.08. The van der Waals surface area contributed by atoms with Gasteiger partial charge in [0, 0.05) is 31.6 Å². The van der Waals surface area contributed by atoms with Crippen molar-refractivity contribution in [1.29, 1.82) is 0 Å². The number of hydrogen-bond acceptors (Lipinski definition) is 10. The Kier molecular flexibility index (Phi) is 9.26. The largest absolute Gasteiger partial charge is 0.504 e. The van der Waals surface area contributed by atoms with Gasteiger partial charge in [-0.25, -0.2) is 17.8 Å². The fourth-order valence-corrected chi connectivity index (χ4v) is 6.63. The number of furan rings is 1. The number of unbranched alkanes of at least 4 members (excludes halogenated alkanes) is 1. The Morgan fingerprint density at radius 1 is 1.21 bits per heavy atom. The molecule has 0 radical (unpaired) electrons. The van der Waals surface area contributed by atoms with Crippen LogP contribution in [0.3, 0.4) is 0 Å². The number of amidine groups is 2. The number of nitrogens with zero attached hydrogens (tertiary/aromatic N) is 4. The van der Waals surface area contributed by atoms with E-state index in [-0.39, 0.29) is 33.5 Å². The van der Waals surface area contributed by atoms with Gasteiger partial charge in [-0.1, -0.05) is 13.8 Å². The molecule has 2 aliphatic heterocycles. The zero-order valence-corrected chi connectivity index (χ0v) is 24.2. The van der Waals surface area contributed by atoms with Crippen molar-refractivity contribution in [2.24, 2.45) is 19.9 Å². The first-order chi connectivity index (χ1) is 18.0. The Labute approximate surface area is 229 Å². The van der Waals surface area contributed by atoms with Gasteiger partial charge in [-0.3, -0.25) is 0 Å². The lowest BCUT2D eigenvalue weighted by Gasteiger charge is -2.32. The Morgan fingerprint density at radius 2 is 1.92 bits per heavy atom. The molecule has 5 N–H and O–H groups in total. The van der Waals surface area contributed by atoms with Crippen LogP contribution >= 0.6 is 11.3 Å². The molecule has 210 valence electrons. The second-order valence-electron chi connectivity index (χ2n) is 9.89. The van der Waals surface area contributed by atoms with Crippen LogP contribution in [-0.2, 0) is 27.6 Å². The lowest BCUT2D eigenvalue weighted by Crippen LogP contribution is -2.44. The molecule has 0 aliphatic carbocycles. The maximum absolute atomic E-state index is 12.1. The molecule has 15 heteroatoms. The highest BCUT2D eigenvalue weighted by atomic mass is 32.2. The van der Waals surface area contributed by atoms with Gasteiger partial charge in [-0.05, 0) is 50.4 Å². The van der Waals surface area contributed by atoms with Crippen LogP contribution in [0.15, 0.2) is 35.1 Å². The van der Waals surface area contributed by atoms with Gasteiger partial charge in [-0.2, -0.15) is 0 Å². The van der Waals surface area contributed by atoms with Gasteiger partial charge in [0.05, 0.1) is 18.0 Å². The number of nitrogens with two attached hydrogens (primary N) is 1. The molecule has 2 aromatic heterocycles. The van der Waals surface area contributed by atoms with Gasteiger partial charge in [-0.15, -0.1) is 20.1 Å². The highest BCUT2D eigenvalue weighted by molar-refractivity contribution is 7.91. The minimum absolute atomic E-state index is 0.0733. The highest BCUT2D eigenvalue weighted by Crippen LogP contribution is 2.37. The van der Waals surface area contributed by atoms with Crippen molar-refractivity contribution in [3.05, 3.63) is 29.0 Å². The summed E-state index contributed by atoms with van der Waals surface area (Å²) in [6.45, 7) is 9.66. The molecule has 0 saturated carbocycles. The summed E-state index contributed by atoms with van der Waals surface area (Å²) in [6.07, 6.45) is 4.91. The number of hydrogen-bond donors (Lipinski definition) is 4. The van der Waals surface area contributed by atoms with E-state index in [1.54, 1.807) is 6.26 Å². The molecule has 4 rings (SSSR count). The monoisotopic (exact) mass is 585 g/mol. The maximum atomic E-state index is 12.1. The predicted molar refractivity (Wildman–Crippen MR) is 150 cm³/mol. The van der Waals surface area contributed by atoms with Crippen LogP contribution in [0.25, 0.3) is 0 Å². The van der Waals surface area contributed by atoms with Crippen molar-refractivity contribution in [2.75, 3.05) is 45.1 Å². The topological polar surface area (TPSA) is 166 Å². The van der Waals surface area contributed by atoms with E-state index in [4.69, 9.17) is 9.56 Å². The molecular weight excluding hydrogens is 550 g/mol. The first kappa shape index (κ1) is 28.7. The standard InChI is InChI=1S/C23H35N7O5S3/c1-15(2)19(18-12-16(13-35-18)6-4-5-7-30-10-8-29(3)9-11-30)26-22-21(27-37(32)28-22)25-17-14-36-23(20(17)31)38(24,33)34/h12-15,19,31H,4-11H2,1-3H3,(H,25,27)(H,26,28)(H2,24,33,34)/t19-,37?/m1/s1. The van der Waals surface area contributed by atoms with Crippen molar-refractivity contribution < 1.29 is 22.2 Å². The van der Waals surface area contributed by atoms with Crippen LogP contribution < -0.4 is 15.8 Å².